The average molecular weight is 357 g/mol. The number of alkyl halides is 3. The van der Waals surface area contributed by atoms with E-state index in [1.807, 2.05) is 31.5 Å². The minimum atomic E-state index is -4.32. The van der Waals surface area contributed by atoms with Gasteiger partial charge in [-0.15, -0.1) is 11.3 Å². The zero-order valence-corrected chi connectivity index (χ0v) is 14.3. The standard InChI is InChI=1S/C17H19F3N2OS/c1-12(15-4-3-9-24-15)21-16(23)11-22(2)10-13-5-7-14(8-6-13)17(18,19)20/h3-9,12H,10-11H2,1-2H3,(H,21,23)/p+1/t12-/m1/s1. The van der Waals surface area contributed by atoms with Crippen molar-refractivity contribution in [3.63, 3.8) is 0 Å². The van der Waals surface area contributed by atoms with Gasteiger partial charge in [0, 0.05) is 10.4 Å². The Morgan fingerprint density at radius 1 is 1.25 bits per heavy atom. The van der Waals surface area contributed by atoms with Crippen LogP contribution in [0.3, 0.4) is 0 Å². The number of likely N-dealkylation sites (N-methyl/N-ethyl adjacent to an activating group) is 1. The molecule has 1 amide bonds. The average Bonchev–Trinajstić information content (AvgIpc) is 3.00. The van der Waals surface area contributed by atoms with Gasteiger partial charge >= 0.3 is 6.18 Å². The van der Waals surface area contributed by atoms with E-state index in [-0.39, 0.29) is 18.5 Å². The molecular weight excluding hydrogens is 337 g/mol. The number of benzene rings is 1. The van der Waals surface area contributed by atoms with Gasteiger partial charge in [0.15, 0.2) is 6.54 Å². The third-order valence-electron chi connectivity index (χ3n) is 3.60. The molecule has 0 radical (unpaired) electrons. The van der Waals surface area contributed by atoms with Gasteiger partial charge in [-0.25, -0.2) is 0 Å². The van der Waals surface area contributed by atoms with Crippen molar-refractivity contribution in [2.24, 2.45) is 0 Å². The van der Waals surface area contributed by atoms with Crippen LogP contribution in [0.4, 0.5) is 13.2 Å². The van der Waals surface area contributed by atoms with Gasteiger partial charge in [-0.3, -0.25) is 4.79 Å². The van der Waals surface area contributed by atoms with Crippen LogP contribution in [-0.4, -0.2) is 19.5 Å². The van der Waals surface area contributed by atoms with Crippen molar-refractivity contribution in [3.05, 3.63) is 57.8 Å². The Morgan fingerprint density at radius 2 is 1.92 bits per heavy atom. The van der Waals surface area contributed by atoms with Gasteiger partial charge in [-0.2, -0.15) is 13.2 Å². The first kappa shape index (κ1) is 18.5. The normalized spacial score (nSPS) is 14.2. The molecule has 2 N–H and O–H groups in total. The molecule has 0 saturated heterocycles. The number of amides is 1. The molecule has 0 aliphatic rings. The van der Waals surface area contributed by atoms with E-state index in [0.29, 0.717) is 6.54 Å². The van der Waals surface area contributed by atoms with Crippen LogP contribution >= 0.6 is 11.3 Å². The van der Waals surface area contributed by atoms with E-state index >= 15 is 0 Å². The highest BCUT2D eigenvalue weighted by Crippen LogP contribution is 2.28. The maximum absolute atomic E-state index is 12.5. The van der Waals surface area contributed by atoms with Crippen LogP contribution in [0.2, 0.25) is 0 Å². The lowest BCUT2D eigenvalue weighted by molar-refractivity contribution is -0.885. The van der Waals surface area contributed by atoms with E-state index in [2.05, 4.69) is 5.32 Å². The molecule has 0 aliphatic heterocycles. The molecule has 0 bridgehead atoms. The van der Waals surface area contributed by atoms with Crippen molar-refractivity contribution in [1.29, 1.82) is 0 Å². The predicted molar refractivity (Wildman–Crippen MR) is 87.8 cm³/mol. The predicted octanol–water partition coefficient (Wildman–Crippen LogP) is 2.66. The SMILES string of the molecule is C[C@@H](NC(=O)C[NH+](C)Cc1ccc(C(F)(F)F)cc1)c1cccs1. The second-order valence-electron chi connectivity index (χ2n) is 5.81. The zero-order chi connectivity index (χ0) is 17.7. The fourth-order valence-electron chi connectivity index (χ4n) is 2.40. The van der Waals surface area contributed by atoms with Crippen LogP contribution in [0, 0.1) is 0 Å². The highest BCUT2D eigenvalue weighted by Gasteiger charge is 2.30. The van der Waals surface area contributed by atoms with Crippen LogP contribution in [0.15, 0.2) is 41.8 Å². The smallest absolute Gasteiger partial charge is 0.344 e. The molecule has 1 aromatic heterocycles. The van der Waals surface area contributed by atoms with Gasteiger partial charge in [0.1, 0.15) is 6.54 Å². The zero-order valence-electron chi connectivity index (χ0n) is 13.5. The van der Waals surface area contributed by atoms with Crippen molar-refractivity contribution in [2.45, 2.75) is 25.7 Å². The summed E-state index contributed by atoms with van der Waals surface area (Å²) < 4.78 is 37.6. The van der Waals surface area contributed by atoms with E-state index in [0.717, 1.165) is 27.5 Å². The topological polar surface area (TPSA) is 33.5 Å². The maximum Gasteiger partial charge on any atom is 0.416 e. The lowest BCUT2D eigenvalue weighted by Gasteiger charge is -2.17. The molecule has 24 heavy (non-hydrogen) atoms. The van der Waals surface area contributed by atoms with Gasteiger partial charge in [-0.05, 0) is 30.5 Å². The van der Waals surface area contributed by atoms with Gasteiger partial charge in [-0.1, -0.05) is 18.2 Å². The number of halogens is 3. The fraction of sp³-hybridized carbons (Fsp3) is 0.353. The third-order valence-corrected chi connectivity index (χ3v) is 4.65. The summed E-state index contributed by atoms with van der Waals surface area (Å²) in [6.45, 7) is 2.67. The maximum atomic E-state index is 12.5. The highest BCUT2D eigenvalue weighted by molar-refractivity contribution is 7.10. The number of rotatable bonds is 6. The molecule has 7 heteroatoms. The summed E-state index contributed by atoms with van der Waals surface area (Å²) in [7, 11) is 1.84. The molecular formula is C17H20F3N2OS+. The number of thiophene rings is 1. The van der Waals surface area contributed by atoms with Crippen LogP contribution < -0.4 is 10.2 Å². The molecule has 1 heterocycles. The third kappa shape index (κ3) is 5.35. The molecule has 2 atom stereocenters. The summed E-state index contributed by atoms with van der Waals surface area (Å²) >= 11 is 1.58. The molecule has 0 aliphatic carbocycles. The highest BCUT2D eigenvalue weighted by atomic mass is 32.1. The fourth-order valence-corrected chi connectivity index (χ4v) is 3.13. The number of carbonyl (C=O) groups excluding carboxylic acids is 1. The molecule has 2 rings (SSSR count). The number of hydrogen-bond donors (Lipinski definition) is 2. The Labute approximate surface area is 143 Å². The Kier molecular flexibility index (Phi) is 6.01. The Bertz CT molecular complexity index is 653. The van der Waals surface area contributed by atoms with Crippen LogP contribution in [-0.2, 0) is 17.5 Å². The Balaban J connectivity index is 1.84. The molecule has 0 fully saturated rings. The largest absolute Gasteiger partial charge is 0.416 e. The van der Waals surface area contributed by atoms with Crippen molar-refractivity contribution < 1.29 is 22.9 Å². The summed E-state index contributed by atoms with van der Waals surface area (Å²) in [4.78, 5) is 14.1. The molecule has 130 valence electrons. The van der Waals surface area contributed by atoms with Crippen molar-refractivity contribution in [2.75, 3.05) is 13.6 Å². The van der Waals surface area contributed by atoms with E-state index in [4.69, 9.17) is 0 Å². The van der Waals surface area contributed by atoms with E-state index < -0.39 is 11.7 Å². The minimum Gasteiger partial charge on any atom is -0.344 e. The molecule has 1 unspecified atom stereocenters. The van der Waals surface area contributed by atoms with E-state index in [1.165, 1.54) is 12.1 Å². The minimum absolute atomic E-state index is 0.0450. The number of hydrogen-bond acceptors (Lipinski definition) is 2. The van der Waals surface area contributed by atoms with Crippen LogP contribution in [0.1, 0.15) is 29.0 Å². The summed E-state index contributed by atoms with van der Waals surface area (Å²) in [6.07, 6.45) is -4.32. The van der Waals surface area contributed by atoms with Gasteiger partial charge < -0.3 is 10.2 Å². The van der Waals surface area contributed by atoms with Gasteiger partial charge in [0.2, 0.25) is 0 Å². The lowest BCUT2D eigenvalue weighted by Crippen LogP contribution is -3.08. The second kappa shape index (κ2) is 7.81. The number of carbonyl (C=O) groups is 1. The van der Waals surface area contributed by atoms with E-state index in [1.54, 1.807) is 11.3 Å². The van der Waals surface area contributed by atoms with Crippen molar-refractivity contribution >= 4 is 17.2 Å². The summed E-state index contributed by atoms with van der Waals surface area (Å²) in [6, 6.07) is 8.91. The monoisotopic (exact) mass is 357 g/mol. The second-order valence-corrected chi connectivity index (χ2v) is 6.79. The molecule has 1 aromatic carbocycles. The summed E-state index contributed by atoms with van der Waals surface area (Å²) in [5.41, 5.74) is 0.103. The Hall–Kier alpha value is -1.86. The molecule has 2 aromatic rings. The van der Waals surface area contributed by atoms with Crippen LogP contribution in [0.25, 0.3) is 0 Å². The van der Waals surface area contributed by atoms with Crippen molar-refractivity contribution in [1.82, 2.24) is 5.32 Å². The lowest BCUT2D eigenvalue weighted by atomic mass is 10.1. The first-order valence-electron chi connectivity index (χ1n) is 7.56. The number of quaternary nitrogens is 1. The van der Waals surface area contributed by atoms with Gasteiger partial charge in [0.05, 0.1) is 18.7 Å². The van der Waals surface area contributed by atoms with E-state index in [9.17, 15) is 18.0 Å². The quantitative estimate of drug-likeness (QED) is 0.819. The van der Waals surface area contributed by atoms with Crippen molar-refractivity contribution in [3.8, 4) is 0 Å². The first-order chi connectivity index (χ1) is 11.3. The molecule has 3 nitrogen and oxygen atoms in total. The summed E-state index contributed by atoms with van der Waals surface area (Å²) in [5, 5.41) is 4.89. The molecule has 0 spiro atoms. The first-order valence-corrected chi connectivity index (χ1v) is 8.44. The van der Waals surface area contributed by atoms with Gasteiger partial charge in [0.25, 0.3) is 5.91 Å². The Morgan fingerprint density at radius 3 is 2.46 bits per heavy atom. The number of nitrogens with one attached hydrogen (secondary N) is 2. The van der Waals surface area contributed by atoms with Crippen LogP contribution in [0.5, 0.6) is 0 Å². The molecule has 0 saturated carbocycles. The summed E-state index contributed by atoms with van der Waals surface area (Å²) in [5.74, 6) is -0.0830.